The Bertz CT molecular complexity index is 453. The Kier molecular flexibility index (Phi) is 6.92. The van der Waals surface area contributed by atoms with E-state index < -0.39 is 8.32 Å². The molecule has 1 aliphatic carbocycles. The molecule has 1 nitrogen and oxygen atoms in total. The van der Waals surface area contributed by atoms with Crippen LogP contribution in [-0.4, -0.2) is 14.9 Å². The first kappa shape index (κ1) is 20.7. The summed E-state index contributed by atoms with van der Waals surface area (Å²) in [5.74, 6) is 0.778. The molecule has 0 radical (unpaired) electrons. The Hall–Kier alpha value is -0.343. The van der Waals surface area contributed by atoms with Crippen LogP contribution in [-0.2, 0) is 4.43 Å². The van der Waals surface area contributed by atoms with Crippen molar-refractivity contribution in [3.8, 4) is 0 Å². The summed E-state index contributed by atoms with van der Waals surface area (Å²) in [5.41, 5.74) is 3.41. The topological polar surface area (TPSA) is 9.23 Å². The number of hydrogen-bond donors (Lipinski definition) is 0. The van der Waals surface area contributed by atoms with Gasteiger partial charge in [-0.15, -0.1) is 0 Å². The molecule has 1 rings (SSSR count). The van der Waals surface area contributed by atoms with Gasteiger partial charge >= 0.3 is 0 Å². The Labute approximate surface area is 146 Å². The zero-order chi connectivity index (χ0) is 17.9. The van der Waals surface area contributed by atoms with Gasteiger partial charge in [-0.1, -0.05) is 57.9 Å². The lowest BCUT2D eigenvalue weighted by Gasteiger charge is -2.39. The molecule has 0 spiro atoms. The Morgan fingerprint density at radius 3 is 2.52 bits per heavy atom. The maximum Gasteiger partial charge on any atom is 0.191 e. The predicted molar refractivity (Wildman–Crippen MR) is 106 cm³/mol. The fraction of sp³-hybridized carbons (Fsp3) is 0.810. The molecule has 0 amide bonds. The number of hydrogen-bond acceptors (Lipinski definition) is 1. The summed E-state index contributed by atoms with van der Waals surface area (Å²) in [4.78, 5) is 0. The van der Waals surface area contributed by atoms with Crippen molar-refractivity contribution in [2.24, 2.45) is 11.3 Å². The lowest BCUT2D eigenvalue weighted by atomic mass is 9.65. The second-order valence-electron chi connectivity index (χ2n) is 9.40. The number of rotatable bonds is 6. The minimum Gasteiger partial charge on any atom is -0.417 e. The minimum atomic E-state index is -1.60. The zero-order valence-electron chi connectivity index (χ0n) is 17.2. The van der Waals surface area contributed by atoms with Gasteiger partial charge in [0.05, 0.1) is 0 Å². The summed E-state index contributed by atoms with van der Waals surface area (Å²) in [7, 11) is -1.60. The highest BCUT2D eigenvalue weighted by Gasteiger charge is 2.37. The van der Waals surface area contributed by atoms with Crippen LogP contribution in [0.15, 0.2) is 23.3 Å². The van der Waals surface area contributed by atoms with Crippen molar-refractivity contribution in [2.75, 3.05) is 6.61 Å². The Morgan fingerprint density at radius 1 is 1.39 bits per heavy atom. The molecule has 0 fully saturated rings. The van der Waals surface area contributed by atoms with E-state index in [1.54, 1.807) is 5.57 Å². The van der Waals surface area contributed by atoms with Crippen molar-refractivity contribution in [2.45, 2.75) is 92.3 Å². The molecular formula is C21H40OSi. The Morgan fingerprint density at radius 2 is 2.00 bits per heavy atom. The molecule has 0 aromatic rings. The third-order valence-electron chi connectivity index (χ3n) is 6.68. The van der Waals surface area contributed by atoms with Crippen molar-refractivity contribution in [1.82, 2.24) is 0 Å². The van der Waals surface area contributed by atoms with Crippen LogP contribution in [0.4, 0.5) is 0 Å². The van der Waals surface area contributed by atoms with Gasteiger partial charge < -0.3 is 4.43 Å². The van der Waals surface area contributed by atoms with E-state index in [2.05, 4.69) is 73.7 Å². The summed E-state index contributed by atoms with van der Waals surface area (Å²) in [6.45, 7) is 21.9. The van der Waals surface area contributed by atoms with Gasteiger partial charge in [0.25, 0.3) is 0 Å². The highest BCUT2D eigenvalue weighted by Crippen LogP contribution is 2.45. The molecule has 1 aliphatic rings. The highest BCUT2D eigenvalue weighted by molar-refractivity contribution is 6.74. The minimum absolute atomic E-state index is 0.303. The molecule has 0 N–H and O–H groups in total. The van der Waals surface area contributed by atoms with E-state index >= 15 is 0 Å². The maximum atomic E-state index is 6.31. The summed E-state index contributed by atoms with van der Waals surface area (Å²) >= 11 is 0. The highest BCUT2D eigenvalue weighted by atomic mass is 28.4. The van der Waals surface area contributed by atoms with Gasteiger partial charge in [0, 0.05) is 6.61 Å². The van der Waals surface area contributed by atoms with Gasteiger partial charge in [-0.2, -0.15) is 0 Å². The van der Waals surface area contributed by atoms with Crippen molar-refractivity contribution in [3.63, 3.8) is 0 Å². The van der Waals surface area contributed by atoms with Crippen LogP contribution in [0.25, 0.3) is 0 Å². The molecule has 0 saturated heterocycles. The monoisotopic (exact) mass is 336 g/mol. The van der Waals surface area contributed by atoms with Crippen LogP contribution in [0, 0.1) is 11.3 Å². The van der Waals surface area contributed by atoms with Crippen molar-refractivity contribution < 1.29 is 4.43 Å². The Balaban J connectivity index is 2.56. The summed E-state index contributed by atoms with van der Waals surface area (Å²) in [6.07, 6.45) is 9.74. The average molecular weight is 337 g/mol. The fourth-order valence-corrected chi connectivity index (χ4v) is 4.07. The van der Waals surface area contributed by atoms with Crippen LogP contribution in [0.5, 0.6) is 0 Å². The summed E-state index contributed by atoms with van der Waals surface area (Å²) in [5, 5.41) is 0.303. The van der Waals surface area contributed by atoms with Crippen molar-refractivity contribution in [3.05, 3.63) is 23.3 Å². The van der Waals surface area contributed by atoms with E-state index in [1.165, 1.54) is 24.8 Å². The smallest absolute Gasteiger partial charge is 0.191 e. The van der Waals surface area contributed by atoms with Gasteiger partial charge in [-0.3, -0.25) is 0 Å². The van der Waals surface area contributed by atoms with Gasteiger partial charge in [0.2, 0.25) is 0 Å². The van der Waals surface area contributed by atoms with Gasteiger partial charge in [0.15, 0.2) is 8.32 Å². The molecule has 2 heteroatoms. The fourth-order valence-electron chi connectivity index (χ4n) is 3.02. The molecule has 2 atom stereocenters. The third-order valence-corrected chi connectivity index (χ3v) is 11.2. The van der Waals surface area contributed by atoms with E-state index in [4.69, 9.17) is 4.43 Å². The van der Waals surface area contributed by atoms with Crippen LogP contribution >= 0.6 is 0 Å². The zero-order valence-corrected chi connectivity index (χ0v) is 18.2. The van der Waals surface area contributed by atoms with E-state index in [9.17, 15) is 0 Å². The van der Waals surface area contributed by atoms with Crippen LogP contribution in [0.2, 0.25) is 18.1 Å². The average Bonchev–Trinajstić information content (AvgIpc) is 2.41. The molecule has 0 saturated carbocycles. The molecule has 0 bridgehead atoms. The van der Waals surface area contributed by atoms with Crippen LogP contribution < -0.4 is 0 Å². The molecule has 0 aromatic heterocycles. The predicted octanol–water partition coefficient (Wildman–Crippen LogP) is 7.12. The first-order valence-corrected chi connectivity index (χ1v) is 12.3. The lowest BCUT2D eigenvalue weighted by molar-refractivity contribution is 0.230. The maximum absolute atomic E-state index is 6.31. The van der Waals surface area contributed by atoms with E-state index in [0.29, 0.717) is 10.5 Å². The first-order valence-electron chi connectivity index (χ1n) is 9.37. The largest absolute Gasteiger partial charge is 0.417 e. The first-order chi connectivity index (χ1) is 10.4. The third kappa shape index (κ3) is 5.32. The molecule has 0 aliphatic heterocycles. The molecular weight excluding hydrogens is 296 g/mol. The lowest BCUT2D eigenvalue weighted by Crippen LogP contribution is -2.41. The standard InChI is InChI=1S/C21H40OSi/c1-17(14-16-22-23(8,9)20(4,5)6)13-15-21(7)18(2)11-10-12-19(21)3/h11,13,19H,10,12,14-16H2,1-9H3/b17-13+/t19-,21-/m1/s1. The van der Waals surface area contributed by atoms with Crippen LogP contribution in [0.1, 0.15) is 74.1 Å². The van der Waals surface area contributed by atoms with E-state index in [1.807, 2.05) is 0 Å². The second-order valence-corrected chi connectivity index (χ2v) is 14.2. The van der Waals surface area contributed by atoms with Crippen molar-refractivity contribution >= 4 is 8.32 Å². The quantitative estimate of drug-likeness (QED) is 0.370. The number of allylic oxidation sites excluding steroid dienone is 3. The summed E-state index contributed by atoms with van der Waals surface area (Å²) < 4.78 is 6.31. The van der Waals surface area contributed by atoms with Gasteiger partial charge in [0.1, 0.15) is 0 Å². The summed E-state index contributed by atoms with van der Waals surface area (Å²) in [6, 6.07) is 0. The normalized spacial score (nSPS) is 27.1. The molecule has 134 valence electrons. The van der Waals surface area contributed by atoms with Crippen LogP contribution in [0.3, 0.4) is 0 Å². The molecule has 0 aromatic carbocycles. The van der Waals surface area contributed by atoms with Crippen molar-refractivity contribution in [1.29, 1.82) is 0 Å². The molecule has 0 unspecified atom stereocenters. The van der Waals surface area contributed by atoms with Gasteiger partial charge in [-0.25, -0.2) is 0 Å². The van der Waals surface area contributed by atoms with E-state index in [0.717, 1.165) is 18.9 Å². The second kappa shape index (κ2) is 7.69. The van der Waals surface area contributed by atoms with E-state index in [-0.39, 0.29) is 0 Å². The van der Waals surface area contributed by atoms with Gasteiger partial charge in [-0.05, 0) is 69.0 Å². The molecule has 0 heterocycles. The molecule has 23 heavy (non-hydrogen) atoms. The SMILES string of the molecule is CC1=CCC[C@@H](C)[C@]1(C)C/C=C(\C)CCO[Si](C)(C)C(C)(C)C.